The zero-order chi connectivity index (χ0) is 12.8. The van der Waals surface area contributed by atoms with Crippen LogP contribution in [0.5, 0.6) is 0 Å². The third-order valence-electron chi connectivity index (χ3n) is 3.20. The molecule has 0 radical (unpaired) electrons. The van der Waals surface area contributed by atoms with Gasteiger partial charge in [0.1, 0.15) is 11.6 Å². The predicted octanol–water partition coefficient (Wildman–Crippen LogP) is 2.52. The van der Waals surface area contributed by atoms with Gasteiger partial charge in [-0.1, -0.05) is 6.07 Å². The molecule has 0 amide bonds. The molecule has 100 valence electrons. The summed E-state index contributed by atoms with van der Waals surface area (Å²) in [5.74, 6) is 2.01. The smallest absolute Gasteiger partial charge is 0.131 e. The Balaban J connectivity index is 2.03. The van der Waals surface area contributed by atoms with Crippen molar-refractivity contribution in [3.05, 3.63) is 18.2 Å². The number of rotatable bonds is 5. The summed E-state index contributed by atoms with van der Waals surface area (Å²) in [6.45, 7) is 7.87. The summed E-state index contributed by atoms with van der Waals surface area (Å²) < 4.78 is 5.73. The summed E-state index contributed by atoms with van der Waals surface area (Å²) in [4.78, 5) is 6.96. The fraction of sp³-hybridized carbons (Fsp3) is 0.643. The van der Waals surface area contributed by atoms with Crippen molar-refractivity contribution in [2.24, 2.45) is 0 Å². The van der Waals surface area contributed by atoms with Crippen LogP contribution in [0, 0.1) is 0 Å². The van der Waals surface area contributed by atoms with Gasteiger partial charge in [0.15, 0.2) is 0 Å². The minimum absolute atomic E-state index is 0.355. The topological polar surface area (TPSA) is 37.4 Å². The number of anilines is 2. The third kappa shape index (κ3) is 3.35. The molecule has 1 fully saturated rings. The Morgan fingerprint density at radius 2 is 2.33 bits per heavy atom. The Morgan fingerprint density at radius 3 is 3.11 bits per heavy atom. The van der Waals surface area contributed by atoms with Crippen LogP contribution < -0.4 is 10.2 Å². The van der Waals surface area contributed by atoms with E-state index in [-0.39, 0.29) is 0 Å². The van der Waals surface area contributed by atoms with Crippen LogP contribution in [0.3, 0.4) is 0 Å². The molecule has 1 saturated heterocycles. The van der Waals surface area contributed by atoms with Crippen molar-refractivity contribution in [3.63, 3.8) is 0 Å². The fourth-order valence-corrected chi connectivity index (χ4v) is 2.40. The van der Waals surface area contributed by atoms with Gasteiger partial charge in [-0.15, -0.1) is 0 Å². The maximum atomic E-state index is 5.73. The molecule has 2 rings (SSSR count). The van der Waals surface area contributed by atoms with Gasteiger partial charge in [0.25, 0.3) is 0 Å². The third-order valence-corrected chi connectivity index (χ3v) is 3.20. The van der Waals surface area contributed by atoms with E-state index in [1.807, 2.05) is 6.07 Å². The molecule has 1 atom stereocenters. The normalized spacial score (nSPS) is 19.9. The van der Waals surface area contributed by atoms with E-state index in [0.29, 0.717) is 6.10 Å². The molecule has 1 N–H and O–H groups in total. The van der Waals surface area contributed by atoms with Crippen LogP contribution in [0.4, 0.5) is 11.6 Å². The van der Waals surface area contributed by atoms with Crippen molar-refractivity contribution in [1.82, 2.24) is 4.98 Å². The molecule has 18 heavy (non-hydrogen) atoms. The monoisotopic (exact) mass is 249 g/mol. The van der Waals surface area contributed by atoms with Crippen LogP contribution in [0.15, 0.2) is 18.2 Å². The van der Waals surface area contributed by atoms with E-state index >= 15 is 0 Å². The lowest BCUT2D eigenvalue weighted by molar-refractivity contribution is 0.0525. The molecule has 1 aliphatic heterocycles. The number of hydrogen-bond acceptors (Lipinski definition) is 4. The Bertz CT molecular complexity index is 368. The van der Waals surface area contributed by atoms with Crippen molar-refractivity contribution in [1.29, 1.82) is 0 Å². The van der Waals surface area contributed by atoms with Crippen LogP contribution in [0.25, 0.3) is 0 Å². The van der Waals surface area contributed by atoms with E-state index in [0.717, 1.165) is 44.3 Å². The van der Waals surface area contributed by atoms with E-state index < -0.39 is 0 Å². The van der Waals surface area contributed by atoms with Crippen molar-refractivity contribution < 1.29 is 4.74 Å². The first kappa shape index (κ1) is 13.1. The van der Waals surface area contributed by atoms with Crippen LogP contribution in [0.2, 0.25) is 0 Å². The standard InChI is InChI=1S/C14H23N3O/c1-3-15-13-8-5-9-14(16-13)17-10-6-7-12(11-17)18-4-2/h5,8-9,12H,3-4,6-7,10-11H2,1-2H3,(H,15,16). The van der Waals surface area contributed by atoms with Crippen LogP contribution >= 0.6 is 0 Å². The highest BCUT2D eigenvalue weighted by Crippen LogP contribution is 2.20. The number of ether oxygens (including phenoxy) is 1. The van der Waals surface area contributed by atoms with E-state index in [2.05, 4.69) is 41.2 Å². The molecular weight excluding hydrogens is 226 g/mol. The lowest BCUT2D eigenvalue weighted by atomic mass is 10.1. The van der Waals surface area contributed by atoms with Crippen molar-refractivity contribution in [3.8, 4) is 0 Å². The van der Waals surface area contributed by atoms with Gasteiger partial charge in [-0.2, -0.15) is 0 Å². The summed E-state index contributed by atoms with van der Waals surface area (Å²) in [6, 6.07) is 6.15. The Hall–Kier alpha value is -1.29. The highest BCUT2D eigenvalue weighted by molar-refractivity contribution is 5.47. The van der Waals surface area contributed by atoms with Crippen molar-refractivity contribution >= 4 is 11.6 Å². The number of nitrogens with zero attached hydrogens (tertiary/aromatic N) is 2. The molecule has 4 nitrogen and oxygen atoms in total. The highest BCUT2D eigenvalue weighted by Gasteiger charge is 2.20. The van der Waals surface area contributed by atoms with Gasteiger partial charge in [-0.25, -0.2) is 4.98 Å². The van der Waals surface area contributed by atoms with Gasteiger partial charge in [0, 0.05) is 26.2 Å². The van der Waals surface area contributed by atoms with Crippen LogP contribution in [0.1, 0.15) is 26.7 Å². The molecule has 4 heteroatoms. The van der Waals surface area contributed by atoms with Crippen LogP contribution in [-0.2, 0) is 4.74 Å². The van der Waals surface area contributed by atoms with E-state index in [1.165, 1.54) is 6.42 Å². The average Bonchev–Trinajstić information content (AvgIpc) is 2.40. The van der Waals surface area contributed by atoms with Gasteiger partial charge >= 0.3 is 0 Å². The SMILES string of the molecule is CCNc1cccc(N2CCCC(OCC)C2)n1. The minimum atomic E-state index is 0.355. The Kier molecular flexibility index (Phi) is 4.81. The molecule has 1 aromatic rings. The fourth-order valence-electron chi connectivity index (χ4n) is 2.40. The van der Waals surface area contributed by atoms with Gasteiger partial charge in [0.2, 0.25) is 0 Å². The van der Waals surface area contributed by atoms with E-state index in [9.17, 15) is 0 Å². The van der Waals surface area contributed by atoms with Gasteiger partial charge < -0.3 is 15.0 Å². The predicted molar refractivity (Wildman–Crippen MR) is 75.3 cm³/mol. The second kappa shape index (κ2) is 6.59. The number of nitrogens with one attached hydrogen (secondary N) is 1. The van der Waals surface area contributed by atoms with E-state index in [1.54, 1.807) is 0 Å². The quantitative estimate of drug-likeness (QED) is 0.870. The van der Waals surface area contributed by atoms with Crippen molar-refractivity contribution in [2.45, 2.75) is 32.8 Å². The molecule has 0 saturated carbocycles. The Labute approximate surface area is 109 Å². The van der Waals surface area contributed by atoms with Gasteiger partial charge in [-0.3, -0.25) is 0 Å². The summed E-state index contributed by atoms with van der Waals surface area (Å²) in [7, 11) is 0. The maximum Gasteiger partial charge on any atom is 0.131 e. The summed E-state index contributed by atoms with van der Waals surface area (Å²) in [5, 5.41) is 3.25. The zero-order valence-electron chi connectivity index (χ0n) is 11.4. The van der Waals surface area contributed by atoms with Gasteiger partial charge in [0.05, 0.1) is 6.10 Å². The first-order valence-corrected chi connectivity index (χ1v) is 6.91. The first-order chi connectivity index (χ1) is 8.83. The molecule has 1 aliphatic rings. The second-order valence-corrected chi connectivity index (χ2v) is 4.58. The number of piperidine rings is 1. The number of pyridine rings is 1. The zero-order valence-corrected chi connectivity index (χ0v) is 11.4. The van der Waals surface area contributed by atoms with Crippen molar-refractivity contribution in [2.75, 3.05) is 36.5 Å². The molecule has 0 aliphatic carbocycles. The maximum absolute atomic E-state index is 5.73. The summed E-state index contributed by atoms with van der Waals surface area (Å²) in [5.41, 5.74) is 0. The number of aromatic nitrogens is 1. The molecular formula is C14H23N3O. The lowest BCUT2D eigenvalue weighted by Crippen LogP contribution is -2.40. The molecule has 2 heterocycles. The Morgan fingerprint density at radius 1 is 1.44 bits per heavy atom. The van der Waals surface area contributed by atoms with Crippen LogP contribution in [-0.4, -0.2) is 37.3 Å². The van der Waals surface area contributed by atoms with Gasteiger partial charge in [-0.05, 0) is 38.8 Å². The highest BCUT2D eigenvalue weighted by atomic mass is 16.5. The molecule has 0 aromatic carbocycles. The largest absolute Gasteiger partial charge is 0.377 e. The average molecular weight is 249 g/mol. The lowest BCUT2D eigenvalue weighted by Gasteiger charge is -2.33. The number of hydrogen-bond donors (Lipinski definition) is 1. The molecule has 0 bridgehead atoms. The summed E-state index contributed by atoms with van der Waals surface area (Å²) in [6.07, 6.45) is 2.70. The van der Waals surface area contributed by atoms with E-state index in [4.69, 9.17) is 4.74 Å². The molecule has 1 aromatic heterocycles. The summed E-state index contributed by atoms with van der Waals surface area (Å²) >= 11 is 0. The minimum Gasteiger partial charge on any atom is -0.377 e. The molecule has 0 spiro atoms. The first-order valence-electron chi connectivity index (χ1n) is 6.91. The molecule has 1 unspecified atom stereocenters. The second-order valence-electron chi connectivity index (χ2n) is 4.58.